The van der Waals surface area contributed by atoms with Crippen LogP contribution in [0.2, 0.25) is 10.0 Å². The molecule has 1 aliphatic rings. The molecule has 3 nitrogen and oxygen atoms in total. The van der Waals surface area contributed by atoms with Crippen LogP contribution in [-0.4, -0.2) is 36.2 Å². The van der Waals surface area contributed by atoms with E-state index >= 15 is 0 Å². The van der Waals surface area contributed by atoms with Gasteiger partial charge < -0.3 is 5.32 Å². The van der Waals surface area contributed by atoms with Gasteiger partial charge >= 0.3 is 0 Å². The van der Waals surface area contributed by atoms with E-state index in [9.17, 15) is 9.18 Å². The van der Waals surface area contributed by atoms with Crippen molar-refractivity contribution in [2.45, 2.75) is 25.1 Å². The SMILES string of the molecule is O=C(NCCSCc1ccc(Cl)c(Cl)c1)C1CCCN(Cc2ccc(F)cc2)C1. The summed E-state index contributed by atoms with van der Waals surface area (Å²) in [6.45, 7) is 3.13. The van der Waals surface area contributed by atoms with Crippen LogP contribution < -0.4 is 5.32 Å². The highest BCUT2D eigenvalue weighted by Crippen LogP contribution is 2.24. The molecule has 0 aliphatic carbocycles. The summed E-state index contributed by atoms with van der Waals surface area (Å²) in [5, 5.41) is 4.20. The van der Waals surface area contributed by atoms with Crippen LogP contribution in [0.3, 0.4) is 0 Å². The number of likely N-dealkylation sites (tertiary alicyclic amines) is 1. The molecule has 1 aliphatic heterocycles. The minimum absolute atomic E-state index is 0.0178. The smallest absolute Gasteiger partial charge is 0.224 e. The number of halogens is 3. The molecule has 1 N–H and O–H groups in total. The number of hydrogen-bond donors (Lipinski definition) is 1. The fourth-order valence-corrected chi connectivity index (χ4v) is 4.60. The molecule has 0 bridgehead atoms. The van der Waals surface area contributed by atoms with Crippen LogP contribution in [0.1, 0.15) is 24.0 Å². The first-order valence-corrected chi connectivity index (χ1v) is 11.7. The fraction of sp³-hybridized carbons (Fsp3) is 0.409. The number of carbonyl (C=O) groups is 1. The number of amides is 1. The van der Waals surface area contributed by atoms with Crippen molar-refractivity contribution >= 4 is 40.9 Å². The van der Waals surface area contributed by atoms with Crippen LogP contribution in [0.15, 0.2) is 42.5 Å². The third-order valence-corrected chi connectivity index (χ3v) is 6.76. The highest BCUT2D eigenvalue weighted by molar-refractivity contribution is 7.98. The van der Waals surface area contributed by atoms with Gasteiger partial charge in [-0.15, -0.1) is 0 Å². The van der Waals surface area contributed by atoms with Crippen LogP contribution in [-0.2, 0) is 17.1 Å². The first-order valence-electron chi connectivity index (χ1n) is 9.77. The molecule has 2 aromatic rings. The van der Waals surface area contributed by atoms with Crippen molar-refractivity contribution in [3.63, 3.8) is 0 Å². The summed E-state index contributed by atoms with van der Waals surface area (Å²) in [6.07, 6.45) is 1.92. The molecule has 2 aromatic carbocycles. The largest absolute Gasteiger partial charge is 0.355 e. The van der Waals surface area contributed by atoms with Gasteiger partial charge in [-0.25, -0.2) is 4.39 Å². The average Bonchev–Trinajstić information content (AvgIpc) is 2.72. The van der Waals surface area contributed by atoms with Crippen molar-refractivity contribution in [1.82, 2.24) is 10.2 Å². The predicted octanol–water partition coefficient (Wildman–Crippen LogP) is 5.39. The standard InChI is InChI=1S/C22H25Cl2FN2OS/c23-20-8-5-17(12-21(20)24)15-29-11-9-26-22(28)18-2-1-10-27(14-18)13-16-3-6-19(25)7-4-16/h3-8,12,18H,1-2,9-11,13-15H2,(H,26,28). The number of piperidine rings is 1. The van der Waals surface area contributed by atoms with E-state index in [0.717, 1.165) is 55.1 Å². The van der Waals surface area contributed by atoms with Crippen LogP contribution in [0.25, 0.3) is 0 Å². The summed E-state index contributed by atoms with van der Waals surface area (Å²) < 4.78 is 13.1. The highest BCUT2D eigenvalue weighted by atomic mass is 35.5. The number of rotatable bonds is 8. The molecule has 0 saturated carbocycles. The predicted molar refractivity (Wildman–Crippen MR) is 120 cm³/mol. The Labute approximate surface area is 185 Å². The average molecular weight is 455 g/mol. The second kappa shape index (κ2) is 11.2. The van der Waals surface area contributed by atoms with E-state index in [0.29, 0.717) is 16.6 Å². The van der Waals surface area contributed by atoms with E-state index in [4.69, 9.17) is 23.2 Å². The first kappa shape index (κ1) is 22.4. The molecule has 3 rings (SSSR count). The van der Waals surface area contributed by atoms with E-state index in [-0.39, 0.29) is 17.6 Å². The number of thioether (sulfide) groups is 1. The fourth-order valence-electron chi connectivity index (χ4n) is 3.47. The Morgan fingerprint density at radius 1 is 1.14 bits per heavy atom. The Kier molecular flexibility index (Phi) is 8.67. The second-order valence-corrected chi connectivity index (χ2v) is 9.21. The van der Waals surface area contributed by atoms with Crippen LogP contribution >= 0.6 is 35.0 Å². The highest BCUT2D eigenvalue weighted by Gasteiger charge is 2.25. The number of hydrogen-bond acceptors (Lipinski definition) is 3. The van der Waals surface area contributed by atoms with E-state index < -0.39 is 0 Å². The Bertz CT molecular complexity index is 819. The zero-order chi connectivity index (χ0) is 20.6. The summed E-state index contributed by atoms with van der Waals surface area (Å²) in [4.78, 5) is 14.8. The number of nitrogens with zero attached hydrogens (tertiary/aromatic N) is 1. The summed E-state index contributed by atoms with van der Waals surface area (Å²) in [5.74, 6) is 1.61. The van der Waals surface area contributed by atoms with E-state index in [2.05, 4.69) is 10.2 Å². The van der Waals surface area contributed by atoms with Gasteiger partial charge in [-0.2, -0.15) is 11.8 Å². The van der Waals surface area contributed by atoms with Crippen molar-refractivity contribution in [2.24, 2.45) is 5.92 Å². The Morgan fingerprint density at radius 2 is 1.90 bits per heavy atom. The van der Waals surface area contributed by atoms with Crippen molar-refractivity contribution in [2.75, 3.05) is 25.4 Å². The second-order valence-electron chi connectivity index (χ2n) is 7.29. The molecule has 0 radical (unpaired) electrons. The lowest BCUT2D eigenvalue weighted by Gasteiger charge is -2.32. The van der Waals surface area contributed by atoms with Gasteiger partial charge in [0.25, 0.3) is 0 Å². The van der Waals surface area contributed by atoms with Crippen molar-refractivity contribution in [3.8, 4) is 0 Å². The molecule has 0 spiro atoms. The number of benzene rings is 2. The van der Waals surface area contributed by atoms with Gasteiger partial charge in [0.2, 0.25) is 5.91 Å². The summed E-state index contributed by atoms with van der Waals surface area (Å²) in [5.41, 5.74) is 2.20. The van der Waals surface area contributed by atoms with Crippen LogP contribution in [0, 0.1) is 11.7 Å². The molecule has 1 fully saturated rings. The van der Waals surface area contributed by atoms with E-state index in [1.165, 1.54) is 12.1 Å². The maximum Gasteiger partial charge on any atom is 0.224 e. The van der Waals surface area contributed by atoms with E-state index in [1.807, 2.05) is 30.3 Å². The molecule has 1 atom stereocenters. The van der Waals surface area contributed by atoms with E-state index in [1.54, 1.807) is 11.8 Å². The third-order valence-electron chi connectivity index (χ3n) is 4.99. The van der Waals surface area contributed by atoms with Crippen LogP contribution in [0.4, 0.5) is 4.39 Å². The zero-order valence-electron chi connectivity index (χ0n) is 16.2. The lowest BCUT2D eigenvalue weighted by molar-refractivity contribution is -0.126. The number of nitrogens with one attached hydrogen (secondary N) is 1. The maximum absolute atomic E-state index is 13.1. The molecule has 1 heterocycles. The summed E-state index contributed by atoms with van der Waals surface area (Å²) in [6, 6.07) is 12.2. The molecule has 156 valence electrons. The van der Waals surface area contributed by atoms with Gasteiger partial charge in [0, 0.05) is 31.1 Å². The molecule has 1 unspecified atom stereocenters. The monoisotopic (exact) mass is 454 g/mol. The number of carbonyl (C=O) groups excluding carboxylic acids is 1. The minimum Gasteiger partial charge on any atom is -0.355 e. The first-order chi connectivity index (χ1) is 14.0. The minimum atomic E-state index is -0.221. The molecule has 1 saturated heterocycles. The van der Waals surface area contributed by atoms with Gasteiger partial charge in [0.15, 0.2) is 0 Å². The molecular weight excluding hydrogens is 430 g/mol. The Hall–Kier alpha value is -1.27. The normalized spacial score (nSPS) is 17.3. The Morgan fingerprint density at radius 3 is 2.66 bits per heavy atom. The van der Waals surface area contributed by atoms with Gasteiger partial charge in [0.1, 0.15) is 5.82 Å². The summed E-state index contributed by atoms with van der Waals surface area (Å²) in [7, 11) is 0. The van der Waals surface area contributed by atoms with Crippen molar-refractivity contribution < 1.29 is 9.18 Å². The van der Waals surface area contributed by atoms with Gasteiger partial charge in [-0.3, -0.25) is 9.69 Å². The Balaban J connectivity index is 1.36. The molecule has 0 aromatic heterocycles. The van der Waals surface area contributed by atoms with Crippen molar-refractivity contribution in [1.29, 1.82) is 0 Å². The topological polar surface area (TPSA) is 32.3 Å². The molecular formula is C22H25Cl2FN2OS. The van der Waals surface area contributed by atoms with Crippen molar-refractivity contribution in [3.05, 3.63) is 69.5 Å². The van der Waals surface area contributed by atoms with Crippen LogP contribution in [0.5, 0.6) is 0 Å². The van der Waals surface area contributed by atoms with Gasteiger partial charge in [-0.05, 0) is 54.8 Å². The zero-order valence-corrected chi connectivity index (χ0v) is 18.5. The third kappa shape index (κ3) is 7.18. The summed E-state index contributed by atoms with van der Waals surface area (Å²) >= 11 is 13.7. The maximum atomic E-state index is 13.1. The quantitative estimate of drug-likeness (QED) is 0.542. The lowest BCUT2D eigenvalue weighted by atomic mass is 9.96. The molecule has 7 heteroatoms. The van der Waals surface area contributed by atoms with Gasteiger partial charge in [0.05, 0.1) is 16.0 Å². The molecule has 1 amide bonds. The van der Waals surface area contributed by atoms with Gasteiger partial charge in [-0.1, -0.05) is 41.4 Å². The lowest BCUT2D eigenvalue weighted by Crippen LogP contribution is -2.43. The molecule has 29 heavy (non-hydrogen) atoms.